The number of primary amides is 1. The van der Waals surface area contributed by atoms with Crippen LogP contribution in [0.3, 0.4) is 0 Å². The number of nitriles is 1. The number of amides is 1. The lowest BCUT2D eigenvalue weighted by molar-refractivity contribution is -0.111. The molecule has 0 heterocycles. The van der Waals surface area contributed by atoms with Crippen molar-refractivity contribution in [3.63, 3.8) is 0 Å². The van der Waals surface area contributed by atoms with E-state index in [1.807, 2.05) is 32.0 Å². The fourth-order valence-corrected chi connectivity index (χ4v) is 1.07. The van der Waals surface area contributed by atoms with Crippen molar-refractivity contribution < 1.29 is 4.79 Å². The van der Waals surface area contributed by atoms with Crippen molar-refractivity contribution in [2.75, 3.05) is 5.43 Å². The highest BCUT2D eigenvalue weighted by molar-refractivity contribution is 6.44. The van der Waals surface area contributed by atoms with Gasteiger partial charge < -0.3 is 5.73 Å². The minimum absolute atomic E-state index is 0.349. The summed E-state index contributed by atoms with van der Waals surface area (Å²) in [7, 11) is 0. The second-order valence-electron chi connectivity index (χ2n) is 3.35. The van der Waals surface area contributed by atoms with Crippen LogP contribution >= 0.6 is 0 Å². The molecule has 5 nitrogen and oxygen atoms in total. The van der Waals surface area contributed by atoms with E-state index in [0.29, 0.717) is 5.69 Å². The first-order valence-electron chi connectivity index (χ1n) is 4.65. The minimum atomic E-state index is -0.848. The second kappa shape index (κ2) is 4.94. The summed E-state index contributed by atoms with van der Waals surface area (Å²) in [6, 6.07) is 7.21. The van der Waals surface area contributed by atoms with Gasteiger partial charge in [0.05, 0.1) is 5.69 Å². The van der Waals surface area contributed by atoms with E-state index < -0.39 is 5.91 Å². The Hall–Kier alpha value is -2.35. The average molecular weight is 216 g/mol. The first-order chi connectivity index (χ1) is 7.54. The molecule has 0 saturated carbocycles. The highest BCUT2D eigenvalue weighted by atomic mass is 16.1. The van der Waals surface area contributed by atoms with Crippen LogP contribution in [0.1, 0.15) is 11.1 Å². The molecular weight excluding hydrogens is 204 g/mol. The van der Waals surface area contributed by atoms with Crippen molar-refractivity contribution in [1.82, 2.24) is 0 Å². The van der Waals surface area contributed by atoms with Crippen LogP contribution in [0.15, 0.2) is 23.3 Å². The van der Waals surface area contributed by atoms with Gasteiger partial charge in [0.1, 0.15) is 6.07 Å². The smallest absolute Gasteiger partial charge is 0.280 e. The number of hydrogen-bond donors (Lipinski definition) is 2. The zero-order valence-electron chi connectivity index (χ0n) is 9.11. The lowest BCUT2D eigenvalue weighted by Crippen LogP contribution is -2.22. The first kappa shape index (κ1) is 11.7. The second-order valence-corrected chi connectivity index (χ2v) is 3.35. The number of aryl methyl sites for hydroxylation is 2. The van der Waals surface area contributed by atoms with E-state index in [4.69, 9.17) is 11.0 Å². The summed E-state index contributed by atoms with van der Waals surface area (Å²) in [5.41, 5.74) is 10.2. The molecule has 0 spiro atoms. The van der Waals surface area contributed by atoms with E-state index in [-0.39, 0.29) is 5.71 Å². The maximum absolute atomic E-state index is 10.7. The van der Waals surface area contributed by atoms with Gasteiger partial charge in [0, 0.05) is 0 Å². The van der Waals surface area contributed by atoms with E-state index >= 15 is 0 Å². The SMILES string of the molecule is Cc1ccc(N/N=C(\C#N)C(N)=O)cc1C. The number of nitrogens with one attached hydrogen (secondary N) is 1. The molecule has 0 bridgehead atoms. The molecule has 0 radical (unpaired) electrons. The molecule has 1 rings (SSSR count). The summed E-state index contributed by atoms with van der Waals surface area (Å²) in [4.78, 5) is 10.7. The highest BCUT2D eigenvalue weighted by Gasteiger charge is 2.04. The largest absolute Gasteiger partial charge is 0.364 e. The van der Waals surface area contributed by atoms with Crippen molar-refractivity contribution >= 4 is 17.3 Å². The fourth-order valence-electron chi connectivity index (χ4n) is 1.07. The van der Waals surface area contributed by atoms with Crippen molar-refractivity contribution in [2.45, 2.75) is 13.8 Å². The maximum Gasteiger partial charge on any atom is 0.280 e. The molecule has 0 atom stereocenters. The molecule has 1 amide bonds. The van der Waals surface area contributed by atoms with Gasteiger partial charge in [-0.2, -0.15) is 10.4 Å². The van der Waals surface area contributed by atoms with Gasteiger partial charge in [-0.25, -0.2) is 0 Å². The topological polar surface area (TPSA) is 91.3 Å². The van der Waals surface area contributed by atoms with Gasteiger partial charge in [-0.1, -0.05) is 6.07 Å². The van der Waals surface area contributed by atoms with E-state index in [2.05, 4.69) is 10.5 Å². The van der Waals surface area contributed by atoms with Crippen LogP contribution in [0.25, 0.3) is 0 Å². The number of rotatable bonds is 3. The normalized spacial score (nSPS) is 10.7. The summed E-state index contributed by atoms with van der Waals surface area (Å²) in [5, 5.41) is 12.2. The van der Waals surface area contributed by atoms with E-state index in [0.717, 1.165) is 11.1 Å². The van der Waals surface area contributed by atoms with Crippen molar-refractivity contribution in [3.05, 3.63) is 29.3 Å². The van der Waals surface area contributed by atoms with Crippen molar-refractivity contribution in [2.24, 2.45) is 10.8 Å². The summed E-state index contributed by atoms with van der Waals surface area (Å²) >= 11 is 0. The zero-order valence-corrected chi connectivity index (χ0v) is 9.11. The van der Waals surface area contributed by atoms with Crippen LogP contribution < -0.4 is 11.2 Å². The van der Waals surface area contributed by atoms with Gasteiger partial charge in [-0.05, 0) is 37.1 Å². The molecule has 0 fully saturated rings. The van der Waals surface area contributed by atoms with Gasteiger partial charge in [-0.15, -0.1) is 0 Å². The zero-order chi connectivity index (χ0) is 12.1. The molecule has 0 aliphatic rings. The summed E-state index contributed by atoms with van der Waals surface area (Å²) < 4.78 is 0. The number of anilines is 1. The third-order valence-corrected chi connectivity index (χ3v) is 2.14. The Balaban J connectivity index is 2.86. The molecule has 5 heteroatoms. The fraction of sp³-hybridized carbons (Fsp3) is 0.182. The third kappa shape index (κ3) is 2.82. The lowest BCUT2D eigenvalue weighted by atomic mass is 10.1. The van der Waals surface area contributed by atoms with E-state index in [9.17, 15) is 4.79 Å². The van der Waals surface area contributed by atoms with Crippen LogP contribution in [0.4, 0.5) is 5.69 Å². The Labute approximate surface area is 93.6 Å². The molecule has 0 aliphatic carbocycles. The molecule has 3 N–H and O–H groups in total. The molecule has 1 aromatic carbocycles. The van der Waals surface area contributed by atoms with E-state index in [1.165, 1.54) is 0 Å². The van der Waals surface area contributed by atoms with Crippen LogP contribution in [0.2, 0.25) is 0 Å². The standard InChI is InChI=1S/C11H12N4O/c1-7-3-4-9(5-8(7)2)14-15-10(6-12)11(13)16/h3-5,14H,1-2H3,(H2,13,16)/b15-10+. The Morgan fingerprint density at radius 1 is 1.44 bits per heavy atom. The molecule has 0 unspecified atom stereocenters. The summed E-state index contributed by atoms with van der Waals surface area (Å²) in [5.74, 6) is -0.848. The summed E-state index contributed by atoms with van der Waals surface area (Å²) in [6.07, 6.45) is 0. The highest BCUT2D eigenvalue weighted by Crippen LogP contribution is 2.13. The number of hydrazone groups is 1. The van der Waals surface area contributed by atoms with Crippen molar-refractivity contribution in [3.8, 4) is 6.07 Å². The number of carbonyl (C=O) groups is 1. The van der Waals surface area contributed by atoms with Crippen LogP contribution in [-0.4, -0.2) is 11.6 Å². The number of benzene rings is 1. The van der Waals surface area contributed by atoms with Gasteiger partial charge in [0.25, 0.3) is 5.91 Å². The third-order valence-electron chi connectivity index (χ3n) is 2.14. The molecule has 82 valence electrons. The van der Waals surface area contributed by atoms with Crippen LogP contribution in [0, 0.1) is 25.2 Å². The molecule has 0 aromatic heterocycles. The van der Waals surface area contributed by atoms with Crippen LogP contribution in [-0.2, 0) is 4.79 Å². The molecular formula is C11H12N4O. The minimum Gasteiger partial charge on any atom is -0.364 e. The molecule has 1 aromatic rings. The average Bonchev–Trinajstić information content (AvgIpc) is 2.23. The first-order valence-corrected chi connectivity index (χ1v) is 4.65. The summed E-state index contributed by atoms with van der Waals surface area (Å²) in [6.45, 7) is 3.95. The van der Waals surface area contributed by atoms with Gasteiger partial charge in [0.2, 0.25) is 5.71 Å². The van der Waals surface area contributed by atoms with Gasteiger partial charge in [-0.3, -0.25) is 10.2 Å². The Kier molecular flexibility index (Phi) is 3.62. The van der Waals surface area contributed by atoms with Gasteiger partial charge >= 0.3 is 0 Å². The lowest BCUT2D eigenvalue weighted by Gasteiger charge is -2.04. The molecule has 0 saturated heterocycles. The maximum atomic E-state index is 10.7. The Morgan fingerprint density at radius 2 is 2.12 bits per heavy atom. The van der Waals surface area contributed by atoms with Gasteiger partial charge in [0.15, 0.2) is 0 Å². The molecule has 0 aliphatic heterocycles. The van der Waals surface area contributed by atoms with Crippen LogP contribution in [0.5, 0.6) is 0 Å². The monoisotopic (exact) mass is 216 g/mol. The predicted octanol–water partition coefficient (Wildman–Crippen LogP) is 1.08. The molecule has 16 heavy (non-hydrogen) atoms. The number of carbonyl (C=O) groups excluding carboxylic acids is 1. The van der Waals surface area contributed by atoms with Crippen molar-refractivity contribution in [1.29, 1.82) is 5.26 Å². The Bertz CT molecular complexity index is 485. The van der Waals surface area contributed by atoms with E-state index in [1.54, 1.807) is 6.07 Å². The number of nitrogens with two attached hydrogens (primary N) is 1. The number of nitrogens with zero attached hydrogens (tertiary/aromatic N) is 2. The number of hydrogen-bond acceptors (Lipinski definition) is 4. The quantitative estimate of drug-likeness (QED) is 0.585. The Morgan fingerprint density at radius 3 is 2.62 bits per heavy atom. The predicted molar refractivity (Wildman–Crippen MR) is 61.8 cm³/mol.